The number of hydrogen-bond acceptors (Lipinski definition) is 2. The molecule has 1 amide bonds. The number of likely N-dealkylation sites (tertiary alicyclic amines) is 1. The molecular weight excluding hydrogens is 226 g/mol. The summed E-state index contributed by atoms with van der Waals surface area (Å²) in [5, 5.41) is 0. The molecule has 1 saturated heterocycles. The van der Waals surface area contributed by atoms with E-state index in [9.17, 15) is 9.59 Å². The minimum Gasteiger partial charge on any atom is -0.330 e. The zero-order valence-electron chi connectivity index (χ0n) is 11.1. The predicted octanol–water partition coefficient (Wildman–Crippen LogP) is 2.72. The lowest BCUT2D eigenvalue weighted by molar-refractivity contribution is -0.148. The summed E-state index contributed by atoms with van der Waals surface area (Å²) in [6.45, 7) is 6.03. The third kappa shape index (κ3) is 2.45. The van der Waals surface area contributed by atoms with E-state index in [-0.39, 0.29) is 29.7 Å². The molecule has 0 bridgehead atoms. The number of amides is 1. The Morgan fingerprint density at radius 2 is 1.72 bits per heavy atom. The molecule has 3 heteroatoms. The summed E-state index contributed by atoms with van der Waals surface area (Å²) in [6, 6.07) is 9.67. The highest BCUT2D eigenvalue weighted by Crippen LogP contribution is 2.35. The lowest BCUT2D eigenvalue weighted by atomic mass is 9.89. The Labute approximate surface area is 108 Å². The van der Waals surface area contributed by atoms with Crippen molar-refractivity contribution in [3.05, 3.63) is 35.9 Å². The third-order valence-corrected chi connectivity index (χ3v) is 3.26. The molecule has 1 unspecified atom stereocenters. The smallest absolute Gasteiger partial charge is 0.230 e. The molecule has 0 radical (unpaired) electrons. The van der Waals surface area contributed by atoms with Crippen LogP contribution in [0.3, 0.4) is 0 Å². The lowest BCUT2D eigenvalue weighted by Gasteiger charge is -2.44. The molecule has 1 aromatic carbocycles. The van der Waals surface area contributed by atoms with Gasteiger partial charge in [0.2, 0.25) is 5.91 Å². The van der Waals surface area contributed by atoms with E-state index in [0.717, 1.165) is 5.56 Å². The molecule has 0 saturated carbocycles. The fourth-order valence-corrected chi connectivity index (χ4v) is 2.59. The molecule has 1 fully saturated rings. The van der Waals surface area contributed by atoms with Crippen molar-refractivity contribution in [2.45, 2.75) is 45.2 Å². The van der Waals surface area contributed by atoms with E-state index in [2.05, 4.69) is 0 Å². The van der Waals surface area contributed by atoms with Crippen LogP contribution in [0.2, 0.25) is 0 Å². The van der Waals surface area contributed by atoms with Crippen molar-refractivity contribution in [1.29, 1.82) is 0 Å². The monoisotopic (exact) mass is 245 g/mol. The number of rotatable bonds is 1. The normalized spacial score (nSPS) is 21.3. The second-order valence-electron chi connectivity index (χ2n) is 5.78. The number of ketones is 1. The number of carbonyl (C=O) groups is 2. The van der Waals surface area contributed by atoms with Crippen LogP contribution in [-0.2, 0) is 9.59 Å². The van der Waals surface area contributed by atoms with Crippen molar-refractivity contribution in [2.24, 2.45) is 0 Å². The summed E-state index contributed by atoms with van der Waals surface area (Å²) in [5.41, 5.74) is 0.770. The molecule has 1 atom stereocenters. The molecule has 96 valence electrons. The maximum atomic E-state index is 12.1. The molecule has 1 aliphatic rings. The number of nitrogens with zero attached hydrogens (tertiary/aromatic N) is 1. The van der Waals surface area contributed by atoms with Gasteiger partial charge in [-0.05, 0) is 26.3 Å². The van der Waals surface area contributed by atoms with Crippen LogP contribution in [0.15, 0.2) is 30.3 Å². The van der Waals surface area contributed by atoms with Crippen molar-refractivity contribution >= 4 is 11.7 Å². The number of benzene rings is 1. The first-order valence-electron chi connectivity index (χ1n) is 6.28. The van der Waals surface area contributed by atoms with Crippen LogP contribution in [0.1, 0.15) is 45.2 Å². The van der Waals surface area contributed by atoms with Gasteiger partial charge in [-0.2, -0.15) is 0 Å². The quantitative estimate of drug-likeness (QED) is 0.713. The molecule has 0 aliphatic carbocycles. The van der Waals surface area contributed by atoms with Gasteiger partial charge in [-0.1, -0.05) is 30.3 Å². The van der Waals surface area contributed by atoms with E-state index in [1.54, 1.807) is 0 Å². The maximum Gasteiger partial charge on any atom is 0.230 e. The van der Waals surface area contributed by atoms with E-state index in [1.165, 1.54) is 0 Å². The molecule has 0 aromatic heterocycles. The molecular formula is C15H19NO2. The minimum absolute atomic E-state index is 0.0364. The van der Waals surface area contributed by atoms with Crippen molar-refractivity contribution in [1.82, 2.24) is 4.90 Å². The highest BCUT2D eigenvalue weighted by molar-refractivity contribution is 6.01. The predicted molar refractivity (Wildman–Crippen MR) is 70.0 cm³/mol. The summed E-state index contributed by atoms with van der Waals surface area (Å²) >= 11 is 0. The van der Waals surface area contributed by atoms with Gasteiger partial charge in [0.1, 0.15) is 5.78 Å². The number of hydrogen-bond donors (Lipinski definition) is 0. The Bertz CT molecular complexity index is 459. The fraction of sp³-hybridized carbons (Fsp3) is 0.467. The van der Waals surface area contributed by atoms with Crippen LogP contribution >= 0.6 is 0 Å². The van der Waals surface area contributed by atoms with Crippen LogP contribution < -0.4 is 0 Å². The van der Waals surface area contributed by atoms with Crippen molar-refractivity contribution < 1.29 is 9.59 Å². The van der Waals surface area contributed by atoms with E-state index < -0.39 is 0 Å². The van der Waals surface area contributed by atoms with Gasteiger partial charge in [-0.25, -0.2) is 0 Å². The Kier molecular flexibility index (Phi) is 3.24. The third-order valence-electron chi connectivity index (χ3n) is 3.26. The zero-order valence-corrected chi connectivity index (χ0v) is 11.1. The Morgan fingerprint density at radius 3 is 2.28 bits per heavy atom. The highest BCUT2D eigenvalue weighted by atomic mass is 16.2. The summed E-state index contributed by atoms with van der Waals surface area (Å²) in [7, 11) is 0. The van der Waals surface area contributed by atoms with E-state index in [1.807, 2.05) is 56.0 Å². The van der Waals surface area contributed by atoms with Gasteiger partial charge in [0, 0.05) is 12.0 Å². The largest absolute Gasteiger partial charge is 0.330 e. The Hall–Kier alpha value is -1.64. The first-order chi connectivity index (χ1) is 8.39. The van der Waals surface area contributed by atoms with E-state index >= 15 is 0 Å². The average Bonchev–Trinajstić information content (AvgIpc) is 2.27. The van der Waals surface area contributed by atoms with Gasteiger partial charge in [-0.15, -0.1) is 0 Å². The minimum atomic E-state index is -0.266. The van der Waals surface area contributed by atoms with Gasteiger partial charge in [0.15, 0.2) is 0 Å². The zero-order chi connectivity index (χ0) is 13.3. The van der Waals surface area contributed by atoms with Crippen LogP contribution in [0.25, 0.3) is 0 Å². The Morgan fingerprint density at radius 1 is 1.11 bits per heavy atom. The van der Waals surface area contributed by atoms with Gasteiger partial charge < -0.3 is 4.90 Å². The van der Waals surface area contributed by atoms with Gasteiger partial charge in [0.25, 0.3) is 0 Å². The second-order valence-corrected chi connectivity index (χ2v) is 5.78. The first-order valence-corrected chi connectivity index (χ1v) is 6.28. The van der Waals surface area contributed by atoms with Crippen molar-refractivity contribution in [3.8, 4) is 0 Å². The SMILES string of the molecule is CC(C)(C)N1C(=O)CC(=O)CC1c1ccccc1. The van der Waals surface area contributed by atoms with E-state index in [0.29, 0.717) is 6.42 Å². The summed E-state index contributed by atoms with van der Waals surface area (Å²) in [4.78, 5) is 25.7. The second kappa shape index (κ2) is 4.56. The highest BCUT2D eigenvalue weighted by Gasteiger charge is 2.39. The molecule has 3 nitrogen and oxygen atoms in total. The Balaban J connectivity index is 2.40. The van der Waals surface area contributed by atoms with Gasteiger partial charge in [-0.3, -0.25) is 9.59 Å². The number of piperidine rings is 1. The lowest BCUT2D eigenvalue weighted by Crippen LogP contribution is -2.51. The molecule has 1 aromatic rings. The molecule has 2 rings (SSSR count). The van der Waals surface area contributed by atoms with Crippen molar-refractivity contribution in [2.75, 3.05) is 0 Å². The summed E-state index contributed by atoms with van der Waals surface area (Å²) < 4.78 is 0. The molecule has 0 N–H and O–H groups in total. The molecule has 1 aliphatic heterocycles. The molecule has 1 heterocycles. The van der Waals surface area contributed by atoms with Crippen LogP contribution in [0.4, 0.5) is 0 Å². The fourth-order valence-electron chi connectivity index (χ4n) is 2.59. The number of Topliss-reactive ketones (excluding diaryl/α,β-unsaturated/α-hetero) is 1. The topological polar surface area (TPSA) is 37.4 Å². The van der Waals surface area contributed by atoms with Crippen molar-refractivity contribution in [3.63, 3.8) is 0 Å². The number of carbonyl (C=O) groups excluding carboxylic acids is 2. The van der Waals surface area contributed by atoms with Crippen LogP contribution in [0.5, 0.6) is 0 Å². The van der Waals surface area contributed by atoms with E-state index in [4.69, 9.17) is 0 Å². The van der Waals surface area contributed by atoms with Gasteiger partial charge >= 0.3 is 0 Å². The maximum absolute atomic E-state index is 12.1. The average molecular weight is 245 g/mol. The summed E-state index contributed by atoms with van der Waals surface area (Å²) in [5.74, 6) is -0.0260. The van der Waals surface area contributed by atoms with Crippen LogP contribution in [-0.4, -0.2) is 22.1 Å². The van der Waals surface area contributed by atoms with Gasteiger partial charge in [0.05, 0.1) is 12.5 Å². The standard InChI is InChI=1S/C15H19NO2/c1-15(2,3)16-13(9-12(17)10-14(16)18)11-7-5-4-6-8-11/h4-8,13H,9-10H2,1-3H3. The van der Waals surface area contributed by atoms with Crippen LogP contribution in [0, 0.1) is 0 Å². The first kappa shape index (κ1) is 12.8. The molecule has 18 heavy (non-hydrogen) atoms. The molecule has 0 spiro atoms. The summed E-state index contributed by atoms with van der Waals surface area (Å²) in [6.07, 6.45) is 0.466.